The molecule has 0 heterocycles. The predicted octanol–water partition coefficient (Wildman–Crippen LogP) is 1.94. The molecule has 0 bridgehead atoms. The van der Waals surface area contributed by atoms with Crippen LogP contribution in [0.3, 0.4) is 0 Å². The number of ether oxygens (including phenoxy) is 1. The SMILES string of the molecule is COC(=O)C[C@H](O)c1cccc(Cl)c1. The molecule has 1 aromatic carbocycles. The summed E-state index contributed by atoms with van der Waals surface area (Å²) in [5.74, 6) is -0.447. The maximum absolute atomic E-state index is 10.9. The van der Waals surface area contributed by atoms with Gasteiger partial charge in [0.2, 0.25) is 0 Å². The molecule has 1 rings (SSSR count). The third-order valence-electron chi connectivity index (χ3n) is 1.82. The molecule has 0 radical (unpaired) electrons. The lowest BCUT2D eigenvalue weighted by Gasteiger charge is -2.09. The number of hydrogen-bond donors (Lipinski definition) is 1. The Labute approximate surface area is 87.3 Å². The molecule has 0 saturated carbocycles. The van der Waals surface area contributed by atoms with Gasteiger partial charge in [0, 0.05) is 5.02 Å². The maximum Gasteiger partial charge on any atom is 0.308 e. The molecule has 76 valence electrons. The van der Waals surface area contributed by atoms with E-state index in [2.05, 4.69) is 4.74 Å². The Balaban J connectivity index is 2.69. The third-order valence-corrected chi connectivity index (χ3v) is 2.06. The summed E-state index contributed by atoms with van der Waals surface area (Å²) in [6, 6.07) is 6.75. The summed E-state index contributed by atoms with van der Waals surface area (Å²) in [4.78, 5) is 10.9. The molecular weight excluding hydrogens is 204 g/mol. The van der Waals surface area contributed by atoms with E-state index in [-0.39, 0.29) is 6.42 Å². The van der Waals surface area contributed by atoms with Gasteiger partial charge in [-0.15, -0.1) is 0 Å². The maximum atomic E-state index is 10.9. The number of carbonyl (C=O) groups excluding carboxylic acids is 1. The van der Waals surface area contributed by atoms with Crippen LogP contribution in [0.2, 0.25) is 5.02 Å². The normalized spacial score (nSPS) is 12.2. The number of esters is 1. The van der Waals surface area contributed by atoms with Crippen molar-refractivity contribution < 1.29 is 14.6 Å². The fourth-order valence-corrected chi connectivity index (χ4v) is 1.27. The molecule has 0 aliphatic rings. The van der Waals surface area contributed by atoms with Gasteiger partial charge in [-0.05, 0) is 17.7 Å². The van der Waals surface area contributed by atoms with Gasteiger partial charge in [-0.3, -0.25) is 4.79 Å². The van der Waals surface area contributed by atoms with E-state index in [1.54, 1.807) is 24.3 Å². The van der Waals surface area contributed by atoms with Crippen molar-refractivity contribution >= 4 is 17.6 Å². The molecule has 0 aliphatic heterocycles. The van der Waals surface area contributed by atoms with Crippen molar-refractivity contribution in [3.8, 4) is 0 Å². The second kappa shape index (κ2) is 4.98. The lowest BCUT2D eigenvalue weighted by atomic mass is 10.1. The highest BCUT2D eigenvalue weighted by Crippen LogP contribution is 2.20. The zero-order chi connectivity index (χ0) is 10.6. The van der Waals surface area contributed by atoms with Gasteiger partial charge in [0.25, 0.3) is 0 Å². The van der Waals surface area contributed by atoms with Gasteiger partial charge in [-0.25, -0.2) is 0 Å². The van der Waals surface area contributed by atoms with E-state index < -0.39 is 12.1 Å². The lowest BCUT2D eigenvalue weighted by molar-refractivity contribution is -0.142. The van der Waals surface area contributed by atoms with E-state index in [0.717, 1.165) is 0 Å². The number of aliphatic hydroxyl groups excluding tert-OH is 1. The van der Waals surface area contributed by atoms with Gasteiger partial charge < -0.3 is 9.84 Å². The molecule has 0 aliphatic carbocycles. The van der Waals surface area contributed by atoms with Crippen LogP contribution in [-0.2, 0) is 9.53 Å². The number of rotatable bonds is 3. The molecule has 1 aromatic rings. The number of aliphatic hydroxyl groups is 1. The van der Waals surface area contributed by atoms with Crippen molar-refractivity contribution in [2.75, 3.05) is 7.11 Å². The average Bonchev–Trinajstić information content (AvgIpc) is 2.17. The number of halogens is 1. The molecule has 0 amide bonds. The van der Waals surface area contributed by atoms with E-state index in [1.807, 2.05) is 0 Å². The smallest absolute Gasteiger partial charge is 0.308 e. The van der Waals surface area contributed by atoms with E-state index in [0.29, 0.717) is 10.6 Å². The van der Waals surface area contributed by atoms with Crippen LogP contribution < -0.4 is 0 Å². The van der Waals surface area contributed by atoms with Gasteiger partial charge in [-0.2, -0.15) is 0 Å². The molecule has 14 heavy (non-hydrogen) atoms. The quantitative estimate of drug-likeness (QED) is 0.783. The van der Waals surface area contributed by atoms with Gasteiger partial charge in [0.05, 0.1) is 19.6 Å². The Morgan fingerprint density at radius 1 is 1.64 bits per heavy atom. The minimum atomic E-state index is -0.860. The Kier molecular flexibility index (Phi) is 3.92. The minimum absolute atomic E-state index is 0.0587. The fraction of sp³-hybridized carbons (Fsp3) is 0.300. The summed E-state index contributed by atoms with van der Waals surface area (Å²) in [6.07, 6.45) is -0.919. The Bertz CT molecular complexity index is 325. The van der Waals surface area contributed by atoms with Crippen molar-refractivity contribution in [3.05, 3.63) is 34.9 Å². The van der Waals surface area contributed by atoms with Crippen molar-refractivity contribution in [3.63, 3.8) is 0 Å². The highest BCUT2D eigenvalue weighted by molar-refractivity contribution is 6.30. The van der Waals surface area contributed by atoms with Crippen molar-refractivity contribution in [2.45, 2.75) is 12.5 Å². The van der Waals surface area contributed by atoms with E-state index >= 15 is 0 Å². The largest absolute Gasteiger partial charge is 0.469 e. The summed E-state index contributed by atoms with van der Waals surface area (Å²) in [6.45, 7) is 0. The zero-order valence-electron chi connectivity index (χ0n) is 7.74. The van der Waals surface area contributed by atoms with Crippen LogP contribution >= 0.6 is 11.6 Å². The van der Waals surface area contributed by atoms with Crippen LogP contribution in [-0.4, -0.2) is 18.2 Å². The minimum Gasteiger partial charge on any atom is -0.469 e. The summed E-state index contributed by atoms with van der Waals surface area (Å²) in [5.41, 5.74) is 0.614. The molecule has 0 spiro atoms. The summed E-state index contributed by atoms with van der Waals surface area (Å²) < 4.78 is 4.44. The van der Waals surface area contributed by atoms with Crippen LogP contribution in [0, 0.1) is 0 Å². The molecule has 3 nitrogen and oxygen atoms in total. The van der Waals surface area contributed by atoms with Crippen LogP contribution in [0.5, 0.6) is 0 Å². The topological polar surface area (TPSA) is 46.5 Å². The van der Waals surface area contributed by atoms with Gasteiger partial charge in [0.15, 0.2) is 0 Å². The van der Waals surface area contributed by atoms with Crippen LogP contribution in [0.25, 0.3) is 0 Å². The van der Waals surface area contributed by atoms with Crippen LogP contribution in [0.15, 0.2) is 24.3 Å². The average molecular weight is 215 g/mol. The Morgan fingerprint density at radius 3 is 2.93 bits per heavy atom. The predicted molar refractivity (Wildman–Crippen MR) is 53.0 cm³/mol. The van der Waals surface area contributed by atoms with Crippen molar-refractivity contribution in [1.82, 2.24) is 0 Å². The van der Waals surface area contributed by atoms with Gasteiger partial charge in [-0.1, -0.05) is 23.7 Å². The van der Waals surface area contributed by atoms with Crippen LogP contribution in [0.4, 0.5) is 0 Å². The summed E-state index contributed by atoms with van der Waals surface area (Å²) in [7, 11) is 1.28. The standard InChI is InChI=1S/C10H11ClO3/c1-14-10(13)6-9(12)7-3-2-4-8(11)5-7/h2-5,9,12H,6H2,1H3/t9-/m0/s1. The summed E-state index contributed by atoms with van der Waals surface area (Å²) in [5, 5.41) is 10.1. The molecule has 0 fully saturated rings. The first-order valence-electron chi connectivity index (χ1n) is 4.14. The number of hydrogen-bond acceptors (Lipinski definition) is 3. The third kappa shape index (κ3) is 3.01. The second-order valence-electron chi connectivity index (χ2n) is 2.85. The number of methoxy groups -OCH3 is 1. The van der Waals surface area contributed by atoms with Gasteiger partial charge in [0.1, 0.15) is 0 Å². The van der Waals surface area contributed by atoms with E-state index in [9.17, 15) is 9.90 Å². The first-order chi connectivity index (χ1) is 6.63. The first-order valence-corrected chi connectivity index (χ1v) is 4.51. The molecule has 0 aromatic heterocycles. The zero-order valence-corrected chi connectivity index (χ0v) is 8.49. The van der Waals surface area contributed by atoms with E-state index in [4.69, 9.17) is 11.6 Å². The van der Waals surface area contributed by atoms with E-state index in [1.165, 1.54) is 7.11 Å². The highest BCUT2D eigenvalue weighted by Gasteiger charge is 2.12. The Morgan fingerprint density at radius 2 is 2.36 bits per heavy atom. The molecule has 1 N–H and O–H groups in total. The second-order valence-corrected chi connectivity index (χ2v) is 3.29. The van der Waals surface area contributed by atoms with Crippen molar-refractivity contribution in [1.29, 1.82) is 0 Å². The summed E-state index contributed by atoms with van der Waals surface area (Å²) >= 11 is 5.73. The molecule has 1 atom stereocenters. The monoisotopic (exact) mass is 214 g/mol. The Hall–Kier alpha value is -1.06. The number of carbonyl (C=O) groups is 1. The van der Waals surface area contributed by atoms with Crippen LogP contribution in [0.1, 0.15) is 18.1 Å². The lowest BCUT2D eigenvalue weighted by Crippen LogP contribution is -2.07. The number of benzene rings is 1. The highest BCUT2D eigenvalue weighted by atomic mass is 35.5. The van der Waals surface area contributed by atoms with Crippen molar-refractivity contribution in [2.24, 2.45) is 0 Å². The molecular formula is C10H11ClO3. The first kappa shape index (κ1) is 11.0. The fourth-order valence-electron chi connectivity index (χ4n) is 1.07. The van der Waals surface area contributed by atoms with Gasteiger partial charge >= 0.3 is 5.97 Å². The molecule has 4 heteroatoms. The molecule has 0 unspecified atom stereocenters. The molecule has 0 saturated heterocycles.